The number of benzene rings is 2. The molecule has 1 fully saturated rings. The summed E-state index contributed by atoms with van der Waals surface area (Å²) in [5, 5.41) is 21.2. The number of hydrogen-bond donors (Lipinski definition) is 3. The Balaban J connectivity index is 1.60. The third-order valence-corrected chi connectivity index (χ3v) is 6.59. The van der Waals surface area contributed by atoms with Crippen LogP contribution in [0, 0.1) is 5.82 Å². The standard InChI is InChI=1S/C27H28FN5O3/c1-33(2)27(35)21-10-15(12-22(28)25(21)30-17-8-9-18(34)13-17)16-11-20-24(31-32-26(20)29-14-16)19-6-4-5-7-23(19)36-3/h4-7,10-12,14,17-18,30,34H,8-9,13H2,1-3H3,(H,29,31,32)/t17-,18+/m1/s1. The van der Waals surface area contributed by atoms with Crippen molar-refractivity contribution in [3.05, 3.63) is 60.0 Å². The molecule has 8 nitrogen and oxygen atoms in total. The highest BCUT2D eigenvalue weighted by Gasteiger charge is 2.27. The van der Waals surface area contributed by atoms with Crippen LogP contribution in [0.15, 0.2) is 48.7 Å². The summed E-state index contributed by atoms with van der Waals surface area (Å²) >= 11 is 0. The molecule has 1 amide bonds. The number of aliphatic hydroxyl groups is 1. The van der Waals surface area contributed by atoms with Crippen molar-refractivity contribution >= 4 is 22.6 Å². The third kappa shape index (κ3) is 4.37. The van der Waals surface area contributed by atoms with Crippen LogP contribution in [0.2, 0.25) is 0 Å². The Bertz CT molecular complexity index is 1430. The summed E-state index contributed by atoms with van der Waals surface area (Å²) in [6, 6.07) is 12.4. The van der Waals surface area contributed by atoms with E-state index in [2.05, 4.69) is 20.5 Å². The molecule has 4 aromatic rings. The highest BCUT2D eigenvalue weighted by Crippen LogP contribution is 2.36. The molecule has 2 atom stereocenters. The molecule has 2 aromatic heterocycles. The number of H-pyrrole nitrogens is 1. The van der Waals surface area contributed by atoms with Crippen LogP contribution < -0.4 is 10.1 Å². The molecule has 1 aliphatic rings. The number of rotatable bonds is 6. The molecule has 0 unspecified atom stereocenters. The number of para-hydroxylation sites is 1. The topological polar surface area (TPSA) is 103 Å². The molecule has 0 aliphatic heterocycles. The van der Waals surface area contributed by atoms with Gasteiger partial charge in [-0.15, -0.1) is 0 Å². The number of nitrogens with zero attached hydrogens (tertiary/aromatic N) is 3. The van der Waals surface area contributed by atoms with Crippen LogP contribution in [0.4, 0.5) is 10.1 Å². The molecule has 2 aromatic carbocycles. The van der Waals surface area contributed by atoms with Crippen molar-refractivity contribution < 1.29 is 19.0 Å². The van der Waals surface area contributed by atoms with Gasteiger partial charge in [-0.2, -0.15) is 5.10 Å². The van der Waals surface area contributed by atoms with Crippen molar-refractivity contribution in [1.82, 2.24) is 20.1 Å². The highest BCUT2D eigenvalue weighted by molar-refractivity contribution is 6.01. The molecule has 0 saturated heterocycles. The van der Waals surface area contributed by atoms with Crippen LogP contribution in [0.1, 0.15) is 29.6 Å². The number of anilines is 1. The van der Waals surface area contributed by atoms with E-state index in [9.17, 15) is 9.90 Å². The lowest BCUT2D eigenvalue weighted by Crippen LogP contribution is -2.26. The van der Waals surface area contributed by atoms with Gasteiger partial charge in [0.05, 0.1) is 24.5 Å². The molecular weight excluding hydrogens is 461 g/mol. The van der Waals surface area contributed by atoms with Crippen molar-refractivity contribution in [2.45, 2.75) is 31.4 Å². The first kappa shape index (κ1) is 23.7. The number of halogens is 1. The van der Waals surface area contributed by atoms with E-state index in [0.717, 1.165) is 10.9 Å². The van der Waals surface area contributed by atoms with E-state index in [0.29, 0.717) is 47.5 Å². The minimum absolute atomic E-state index is 0.0959. The number of pyridine rings is 1. The van der Waals surface area contributed by atoms with Crippen LogP contribution in [0.3, 0.4) is 0 Å². The summed E-state index contributed by atoms with van der Waals surface area (Å²) in [7, 11) is 4.87. The fraction of sp³-hybridized carbons (Fsp3) is 0.296. The van der Waals surface area contributed by atoms with Crippen molar-refractivity contribution in [1.29, 1.82) is 0 Å². The highest BCUT2D eigenvalue weighted by atomic mass is 19.1. The fourth-order valence-electron chi connectivity index (χ4n) is 4.73. The predicted octanol–water partition coefficient (Wildman–Crippen LogP) is 4.47. The zero-order valence-corrected chi connectivity index (χ0v) is 20.4. The molecule has 3 N–H and O–H groups in total. The Kier molecular flexibility index (Phi) is 6.32. The number of amides is 1. The number of ether oxygens (including phenoxy) is 1. The summed E-state index contributed by atoms with van der Waals surface area (Å²) in [4.78, 5) is 19.0. The van der Waals surface area contributed by atoms with E-state index in [1.807, 2.05) is 30.3 Å². The molecule has 0 radical (unpaired) electrons. The van der Waals surface area contributed by atoms with Gasteiger partial charge in [0.1, 0.15) is 17.3 Å². The number of carbonyl (C=O) groups is 1. The Morgan fingerprint density at radius 1 is 1.19 bits per heavy atom. The van der Waals surface area contributed by atoms with Crippen LogP contribution in [0.25, 0.3) is 33.4 Å². The van der Waals surface area contributed by atoms with E-state index in [1.165, 1.54) is 11.0 Å². The average molecular weight is 490 g/mol. The molecule has 1 aliphatic carbocycles. The number of aliphatic hydroxyl groups excluding tert-OH is 1. The monoisotopic (exact) mass is 489 g/mol. The minimum atomic E-state index is -0.531. The zero-order valence-electron chi connectivity index (χ0n) is 20.4. The predicted molar refractivity (Wildman–Crippen MR) is 137 cm³/mol. The summed E-state index contributed by atoms with van der Waals surface area (Å²) in [5.74, 6) is -0.172. The van der Waals surface area contributed by atoms with Gasteiger partial charge in [0.25, 0.3) is 5.91 Å². The maximum absolute atomic E-state index is 15.5. The molecule has 5 rings (SSSR count). The number of carbonyl (C=O) groups excluding carboxylic acids is 1. The number of fused-ring (bicyclic) bond motifs is 1. The second-order valence-electron chi connectivity index (χ2n) is 9.28. The first-order valence-corrected chi connectivity index (χ1v) is 11.8. The van der Waals surface area contributed by atoms with Gasteiger partial charge in [0.15, 0.2) is 5.65 Å². The Morgan fingerprint density at radius 2 is 2.00 bits per heavy atom. The summed E-state index contributed by atoms with van der Waals surface area (Å²) < 4.78 is 21.0. The lowest BCUT2D eigenvalue weighted by molar-refractivity contribution is 0.0828. The first-order chi connectivity index (χ1) is 17.4. The van der Waals surface area contributed by atoms with Crippen molar-refractivity contribution in [3.8, 4) is 28.1 Å². The second-order valence-corrected chi connectivity index (χ2v) is 9.28. The summed E-state index contributed by atoms with van der Waals surface area (Å²) in [6.45, 7) is 0. The Hall–Kier alpha value is -3.98. The van der Waals surface area contributed by atoms with E-state index in [-0.39, 0.29) is 23.2 Å². The zero-order chi connectivity index (χ0) is 25.4. The maximum atomic E-state index is 15.5. The molecule has 186 valence electrons. The van der Waals surface area contributed by atoms with Crippen LogP contribution >= 0.6 is 0 Å². The largest absolute Gasteiger partial charge is 0.496 e. The van der Waals surface area contributed by atoms with Gasteiger partial charge in [-0.05, 0) is 55.2 Å². The number of aromatic nitrogens is 3. The molecular formula is C27H28FN5O3. The van der Waals surface area contributed by atoms with Gasteiger partial charge in [0.2, 0.25) is 0 Å². The quantitative estimate of drug-likeness (QED) is 0.369. The van der Waals surface area contributed by atoms with Crippen LogP contribution in [-0.2, 0) is 0 Å². The van der Waals surface area contributed by atoms with E-state index in [1.54, 1.807) is 33.5 Å². The number of aromatic amines is 1. The van der Waals surface area contributed by atoms with Gasteiger partial charge in [-0.3, -0.25) is 9.89 Å². The number of hydrogen-bond acceptors (Lipinski definition) is 6. The van der Waals surface area contributed by atoms with Gasteiger partial charge >= 0.3 is 0 Å². The first-order valence-electron chi connectivity index (χ1n) is 11.8. The van der Waals surface area contributed by atoms with Crippen molar-refractivity contribution in [3.63, 3.8) is 0 Å². The summed E-state index contributed by atoms with van der Waals surface area (Å²) in [5.41, 5.74) is 3.61. The second kappa shape index (κ2) is 9.58. The Morgan fingerprint density at radius 3 is 2.72 bits per heavy atom. The van der Waals surface area contributed by atoms with E-state index >= 15 is 4.39 Å². The maximum Gasteiger partial charge on any atom is 0.255 e. The smallest absolute Gasteiger partial charge is 0.255 e. The lowest BCUT2D eigenvalue weighted by atomic mass is 9.99. The molecule has 0 bridgehead atoms. The van der Waals surface area contributed by atoms with Gasteiger partial charge in [0, 0.05) is 42.8 Å². The average Bonchev–Trinajstić information content (AvgIpc) is 3.49. The van der Waals surface area contributed by atoms with Crippen molar-refractivity contribution in [2.24, 2.45) is 0 Å². The van der Waals surface area contributed by atoms with Gasteiger partial charge < -0.3 is 20.1 Å². The molecule has 36 heavy (non-hydrogen) atoms. The lowest BCUT2D eigenvalue weighted by Gasteiger charge is -2.21. The SMILES string of the molecule is COc1ccccc1-c1n[nH]c2ncc(-c3cc(F)c(N[C@@H]4CC[C@H](O)C4)c(C(=O)N(C)C)c3)cc12. The molecule has 0 spiro atoms. The normalized spacial score (nSPS) is 17.4. The fourth-order valence-corrected chi connectivity index (χ4v) is 4.73. The van der Waals surface area contributed by atoms with Crippen LogP contribution in [-0.4, -0.2) is 64.4 Å². The molecule has 9 heteroatoms. The minimum Gasteiger partial charge on any atom is -0.496 e. The Labute approximate surface area is 208 Å². The van der Waals surface area contributed by atoms with E-state index in [4.69, 9.17) is 4.74 Å². The molecule has 2 heterocycles. The molecule has 1 saturated carbocycles. The van der Waals surface area contributed by atoms with Crippen molar-refractivity contribution in [2.75, 3.05) is 26.5 Å². The van der Waals surface area contributed by atoms with Gasteiger partial charge in [-0.25, -0.2) is 9.37 Å². The van der Waals surface area contributed by atoms with E-state index < -0.39 is 11.9 Å². The summed E-state index contributed by atoms with van der Waals surface area (Å²) in [6.07, 6.45) is 3.10. The number of nitrogens with one attached hydrogen (secondary N) is 2. The number of methoxy groups -OCH3 is 1. The van der Waals surface area contributed by atoms with Gasteiger partial charge in [-0.1, -0.05) is 12.1 Å². The van der Waals surface area contributed by atoms with Crippen LogP contribution in [0.5, 0.6) is 5.75 Å². The third-order valence-electron chi connectivity index (χ3n) is 6.59.